The zero-order valence-corrected chi connectivity index (χ0v) is 15.3. The van der Waals surface area contributed by atoms with Crippen LogP contribution in [0.3, 0.4) is 0 Å². The highest BCUT2D eigenvalue weighted by molar-refractivity contribution is 7.88. The minimum Gasteiger partial charge on any atom is -0.478 e. The SMILES string of the molecule is CS(=O)(=O)N1CCC[C@@H](Cc2nccnc2-c2ccc(C(=O)O)cc2)C1. The van der Waals surface area contributed by atoms with E-state index in [1.54, 1.807) is 36.7 Å². The Morgan fingerprint density at radius 3 is 2.58 bits per heavy atom. The summed E-state index contributed by atoms with van der Waals surface area (Å²) in [6, 6.07) is 6.53. The van der Waals surface area contributed by atoms with E-state index >= 15 is 0 Å². The van der Waals surface area contributed by atoms with Crippen molar-refractivity contribution in [2.75, 3.05) is 19.3 Å². The van der Waals surface area contributed by atoms with Crippen molar-refractivity contribution in [1.82, 2.24) is 14.3 Å². The highest BCUT2D eigenvalue weighted by Crippen LogP contribution is 2.26. The molecule has 0 radical (unpaired) electrons. The first-order chi connectivity index (χ1) is 12.3. The number of piperidine rings is 1. The Bertz CT molecular complexity index is 897. The second kappa shape index (κ2) is 7.51. The fourth-order valence-electron chi connectivity index (χ4n) is 3.30. The monoisotopic (exact) mass is 375 g/mol. The van der Waals surface area contributed by atoms with Crippen LogP contribution in [0, 0.1) is 5.92 Å². The molecule has 7 nitrogen and oxygen atoms in total. The van der Waals surface area contributed by atoms with Crippen LogP contribution in [-0.2, 0) is 16.4 Å². The number of carboxylic acids is 1. The largest absolute Gasteiger partial charge is 0.478 e. The van der Waals surface area contributed by atoms with Crippen molar-refractivity contribution in [2.24, 2.45) is 5.92 Å². The van der Waals surface area contributed by atoms with E-state index in [1.165, 1.54) is 10.6 Å². The lowest BCUT2D eigenvalue weighted by molar-refractivity contribution is 0.0697. The lowest BCUT2D eigenvalue weighted by Crippen LogP contribution is -2.39. The minimum absolute atomic E-state index is 0.187. The summed E-state index contributed by atoms with van der Waals surface area (Å²) in [5.41, 5.74) is 2.53. The second-order valence-corrected chi connectivity index (χ2v) is 8.55. The molecule has 1 aliphatic heterocycles. The number of aromatic nitrogens is 2. The van der Waals surface area contributed by atoms with Crippen molar-refractivity contribution in [3.8, 4) is 11.3 Å². The summed E-state index contributed by atoms with van der Waals surface area (Å²) in [6.07, 6.45) is 6.89. The quantitative estimate of drug-likeness (QED) is 0.858. The fraction of sp³-hybridized carbons (Fsp3) is 0.389. The van der Waals surface area contributed by atoms with Gasteiger partial charge in [0.05, 0.1) is 23.2 Å². The average molecular weight is 375 g/mol. The van der Waals surface area contributed by atoms with Gasteiger partial charge < -0.3 is 5.11 Å². The van der Waals surface area contributed by atoms with Crippen molar-refractivity contribution >= 4 is 16.0 Å². The second-order valence-electron chi connectivity index (χ2n) is 6.57. The zero-order valence-electron chi connectivity index (χ0n) is 14.5. The highest BCUT2D eigenvalue weighted by Gasteiger charge is 2.27. The van der Waals surface area contributed by atoms with Crippen molar-refractivity contribution in [1.29, 1.82) is 0 Å². The van der Waals surface area contributed by atoms with Crippen LogP contribution in [0.1, 0.15) is 28.9 Å². The predicted molar refractivity (Wildman–Crippen MR) is 97.3 cm³/mol. The number of carbonyl (C=O) groups is 1. The Morgan fingerprint density at radius 2 is 1.92 bits per heavy atom. The molecule has 138 valence electrons. The van der Waals surface area contributed by atoms with Gasteiger partial charge in [0.2, 0.25) is 10.0 Å². The molecular weight excluding hydrogens is 354 g/mol. The van der Waals surface area contributed by atoms with Crippen LogP contribution in [0.2, 0.25) is 0 Å². The van der Waals surface area contributed by atoms with Gasteiger partial charge in [0, 0.05) is 31.0 Å². The Kier molecular flexibility index (Phi) is 5.33. The van der Waals surface area contributed by atoms with Crippen LogP contribution in [-0.4, -0.2) is 53.1 Å². The molecule has 0 bridgehead atoms. The summed E-state index contributed by atoms with van der Waals surface area (Å²) in [4.78, 5) is 19.9. The maximum absolute atomic E-state index is 11.8. The molecule has 1 aromatic heterocycles. The number of benzene rings is 1. The van der Waals surface area contributed by atoms with Gasteiger partial charge in [0.25, 0.3) is 0 Å². The number of nitrogens with zero attached hydrogens (tertiary/aromatic N) is 3. The van der Waals surface area contributed by atoms with Gasteiger partial charge in [-0.1, -0.05) is 12.1 Å². The summed E-state index contributed by atoms with van der Waals surface area (Å²) in [7, 11) is -3.18. The molecule has 1 aliphatic rings. The highest BCUT2D eigenvalue weighted by atomic mass is 32.2. The van der Waals surface area contributed by atoms with E-state index in [2.05, 4.69) is 9.97 Å². The minimum atomic E-state index is -3.18. The molecule has 0 saturated carbocycles. The molecule has 26 heavy (non-hydrogen) atoms. The van der Waals surface area contributed by atoms with Gasteiger partial charge in [0.1, 0.15) is 0 Å². The van der Waals surface area contributed by atoms with Crippen molar-refractivity contribution < 1.29 is 18.3 Å². The molecule has 2 heterocycles. The molecule has 2 aromatic rings. The number of rotatable bonds is 5. The summed E-state index contributed by atoms with van der Waals surface area (Å²) >= 11 is 0. The number of carboxylic acid groups (broad SMARTS) is 1. The number of hydrogen-bond acceptors (Lipinski definition) is 5. The Balaban J connectivity index is 1.82. The van der Waals surface area contributed by atoms with Gasteiger partial charge in [-0.15, -0.1) is 0 Å². The summed E-state index contributed by atoms with van der Waals surface area (Å²) < 4.78 is 25.1. The molecule has 1 N–H and O–H groups in total. The third-order valence-corrected chi connectivity index (χ3v) is 5.88. The van der Waals surface area contributed by atoms with Crippen LogP contribution in [0.25, 0.3) is 11.3 Å². The fourth-order valence-corrected chi connectivity index (χ4v) is 4.24. The van der Waals surface area contributed by atoms with E-state index in [4.69, 9.17) is 5.11 Å². The molecule has 1 aromatic carbocycles. The Morgan fingerprint density at radius 1 is 1.23 bits per heavy atom. The van der Waals surface area contributed by atoms with E-state index in [9.17, 15) is 13.2 Å². The van der Waals surface area contributed by atoms with Gasteiger partial charge in [-0.2, -0.15) is 0 Å². The zero-order chi connectivity index (χ0) is 18.7. The van der Waals surface area contributed by atoms with E-state index in [-0.39, 0.29) is 11.5 Å². The Hall–Kier alpha value is -2.32. The first kappa shape index (κ1) is 18.5. The third-order valence-electron chi connectivity index (χ3n) is 4.61. The van der Waals surface area contributed by atoms with Crippen LogP contribution in [0.4, 0.5) is 0 Å². The maximum Gasteiger partial charge on any atom is 0.335 e. The Labute approximate surface area is 152 Å². The molecule has 1 fully saturated rings. The molecule has 1 atom stereocenters. The molecule has 3 rings (SSSR count). The maximum atomic E-state index is 11.8. The topological polar surface area (TPSA) is 100 Å². The van der Waals surface area contributed by atoms with E-state index < -0.39 is 16.0 Å². The lowest BCUT2D eigenvalue weighted by atomic mass is 9.92. The van der Waals surface area contributed by atoms with E-state index in [0.29, 0.717) is 25.2 Å². The number of aromatic carboxylic acids is 1. The molecule has 0 spiro atoms. The van der Waals surface area contributed by atoms with Crippen molar-refractivity contribution in [2.45, 2.75) is 19.3 Å². The molecule has 8 heteroatoms. The van der Waals surface area contributed by atoms with Gasteiger partial charge in [-0.05, 0) is 37.3 Å². The van der Waals surface area contributed by atoms with E-state index in [1.807, 2.05) is 0 Å². The first-order valence-corrected chi connectivity index (χ1v) is 10.3. The smallest absolute Gasteiger partial charge is 0.335 e. The first-order valence-electron chi connectivity index (χ1n) is 8.43. The molecule has 0 amide bonds. The average Bonchev–Trinajstić information content (AvgIpc) is 2.62. The number of hydrogen-bond donors (Lipinski definition) is 1. The molecule has 0 aliphatic carbocycles. The molecule has 1 saturated heterocycles. The van der Waals surface area contributed by atoms with Gasteiger partial charge in [-0.25, -0.2) is 17.5 Å². The van der Waals surface area contributed by atoms with Crippen LogP contribution < -0.4 is 0 Å². The molecule has 0 unspecified atom stereocenters. The van der Waals surface area contributed by atoms with Crippen molar-refractivity contribution in [3.63, 3.8) is 0 Å². The lowest BCUT2D eigenvalue weighted by Gasteiger charge is -2.31. The molecular formula is C18H21N3O4S. The normalized spacial score (nSPS) is 18.6. The number of sulfonamides is 1. The van der Waals surface area contributed by atoms with E-state index in [0.717, 1.165) is 24.1 Å². The third kappa shape index (κ3) is 4.25. The standard InChI is InChI=1S/C18H21N3O4S/c1-26(24,25)21-10-2-3-13(12-21)11-16-17(20-9-8-19-16)14-4-6-15(7-5-14)18(22)23/h4-9,13H,2-3,10-12H2,1H3,(H,22,23)/t13-/m0/s1. The van der Waals surface area contributed by atoms with Crippen LogP contribution in [0.15, 0.2) is 36.7 Å². The summed E-state index contributed by atoms with van der Waals surface area (Å²) in [6.45, 7) is 1.06. The van der Waals surface area contributed by atoms with Crippen LogP contribution in [0.5, 0.6) is 0 Å². The van der Waals surface area contributed by atoms with Gasteiger partial charge in [0.15, 0.2) is 0 Å². The van der Waals surface area contributed by atoms with Crippen LogP contribution >= 0.6 is 0 Å². The van der Waals surface area contributed by atoms with Gasteiger partial charge in [-0.3, -0.25) is 9.97 Å². The van der Waals surface area contributed by atoms with Gasteiger partial charge >= 0.3 is 5.97 Å². The summed E-state index contributed by atoms with van der Waals surface area (Å²) in [5.74, 6) is -0.786. The summed E-state index contributed by atoms with van der Waals surface area (Å²) in [5, 5.41) is 9.03. The predicted octanol–water partition coefficient (Wildman–Crippen LogP) is 2.06. The van der Waals surface area contributed by atoms with Crippen molar-refractivity contribution in [3.05, 3.63) is 47.9 Å².